The van der Waals surface area contributed by atoms with E-state index in [4.69, 9.17) is 4.74 Å². The minimum atomic E-state index is -0.419. The molecule has 1 N–H and O–H groups in total. The lowest BCUT2D eigenvalue weighted by Gasteiger charge is -2.39. The quantitative estimate of drug-likeness (QED) is 0.697. The number of nitrogens with zero attached hydrogens (tertiary/aromatic N) is 1. The predicted octanol–water partition coefficient (Wildman–Crippen LogP) is 4.46. The molecule has 2 aromatic rings. The van der Waals surface area contributed by atoms with Gasteiger partial charge in [0.1, 0.15) is 19.2 Å². The summed E-state index contributed by atoms with van der Waals surface area (Å²) in [5, 5.41) is 10.7. The molecular weight excluding hydrogens is 334 g/mol. The van der Waals surface area contributed by atoms with Crippen LogP contribution in [0.5, 0.6) is 0 Å². The van der Waals surface area contributed by atoms with E-state index < -0.39 is 6.10 Å². The smallest absolute Gasteiger partial charge is 0.126 e. The van der Waals surface area contributed by atoms with Crippen LogP contribution in [0.3, 0.4) is 0 Å². The summed E-state index contributed by atoms with van der Waals surface area (Å²) in [5.74, 6) is 0. The zero-order valence-electron chi connectivity index (χ0n) is 16.6. The maximum atomic E-state index is 10.7. The van der Waals surface area contributed by atoms with Gasteiger partial charge in [0.2, 0.25) is 0 Å². The van der Waals surface area contributed by atoms with Gasteiger partial charge in [-0.2, -0.15) is 0 Å². The highest BCUT2D eigenvalue weighted by molar-refractivity contribution is 5.20. The van der Waals surface area contributed by atoms with Crippen molar-refractivity contribution in [1.82, 2.24) is 0 Å². The Morgan fingerprint density at radius 3 is 2.22 bits per heavy atom. The summed E-state index contributed by atoms with van der Waals surface area (Å²) in [6, 6.07) is 19.1. The van der Waals surface area contributed by atoms with Crippen molar-refractivity contribution in [2.45, 2.75) is 51.9 Å². The van der Waals surface area contributed by atoms with Crippen LogP contribution in [-0.4, -0.2) is 41.9 Å². The van der Waals surface area contributed by atoms with E-state index in [0.717, 1.165) is 36.2 Å². The minimum Gasteiger partial charge on any atom is -0.385 e. The van der Waals surface area contributed by atoms with Gasteiger partial charge in [0.05, 0.1) is 26.3 Å². The highest BCUT2D eigenvalue weighted by Gasteiger charge is 2.31. The van der Waals surface area contributed by atoms with E-state index in [-0.39, 0.29) is 0 Å². The fourth-order valence-electron chi connectivity index (χ4n) is 4.23. The third-order valence-electron chi connectivity index (χ3n) is 5.67. The average molecular weight is 369 g/mol. The van der Waals surface area contributed by atoms with Crippen molar-refractivity contribution in [2.24, 2.45) is 0 Å². The predicted molar refractivity (Wildman–Crippen MR) is 110 cm³/mol. The Morgan fingerprint density at radius 1 is 0.889 bits per heavy atom. The zero-order chi connectivity index (χ0) is 19.0. The molecule has 3 rings (SSSR count). The van der Waals surface area contributed by atoms with Crippen LogP contribution < -0.4 is 0 Å². The number of quaternary nitrogens is 1. The van der Waals surface area contributed by atoms with Crippen molar-refractivity contribution < 1.29 is 14.3 Å². The molecule has 146 valence electrons. The van der Waals surface area contributed by atoms with Gasteiger partial charge in [-0.05, 0) is 38.2 Å². The number of hydrogen-bond acceptors (Lipinski definition) is 2. The summed E-state index contributed by atoms with van der Waals surface area (Å²) in [6.07, 6.45) is 4.72. The molecule has 1 aliphatic heterocycles. The van der Waals surface area contributed by atoms with E-state index in [1.165, 1.54) is 36.8 Å². The monoisotopic (exact) mass is 368 g/mol. The molecule has 0 unspecified atom stereocenters. The molecule has 0 radical (unpaired) electrons. The highest BCUT2D eigenvalue weighted by Crippen LogP contribution is 2.23. The van der Waals surface area contributed by atoms with E-state index in [1.807, 2.05) is 0 Å². The lowest BCUT2D eigenvalue weighted by atomic mass is 10.1. The van der Waals surface area contributed by atoms with Gasteiger partial charge in [-0.15, -0.1) is 0 Å². The van der Waals surface area contributed by atoms with Gasteiger partial charge in [0.15, 0.2) is 0 Å². The average Bonchev–Trinajstić information content (AvgIpc) is 2.89. The van der Waals surface area contributed by atoms with Gasteiger partial charge in [0, 0.05) is 5.56 Å². The maximum Gasteiger partial charge on any atom is 0.126 e. The SMILES string of the molecule is Cc1ccc(COC[C@@H](O)C[N+]2(Cc3ccccc3)CCCCCC2)cc1. The molecule has 1 aliphatic rings. The Bertz CT molecular complexity index is 661. The summed E-state index contributed by atoms with van der Waals surface area (Å²) < 4.78 is 6.81. The first-order chi connectivity index (χ1) is 13.2. The molecule has 0 aromatic heterocycles. The van der Waals surface area contributed by atoms with E-state index in [9.17, 15) is 5.11 Å². The van der Waals surface area contributed by atoms with Gasteiger partial charge in [-0.25, -0.2) is 0 Å². The lowest BCUT2D eigenvalue weighted by molar-refractivity contribution is -0.943. The lowest BCUT2D eigenvalue weighted by Crippen LogP contribution is -2.53. The van der Waals surface area contributed by atoms with Crippen molar-refractivity contribution in [3.05, 3.63) is 71.3 Å². The first-order valence-electron chi connectivity index (χ1n) is 10.4. The van der Waals surface area contributed by atoms with Crippen LogP contribution in [-0.2, 0) is 17.9 Å². The Labute approximate surface area is 164 Å². The Morgan fingerprint density at radius 2 is 1.56 bits per heavy atom. The number of ether oxygens (including phenoxy) is 1. The topological polar surface area (TPSA) is 29.5 Å². The number of aliphatic hydroxyl groups excluding tert-OH is 1. The third-order valence-corrected chi connectivity index (χ3v) is 5.67. The summed E-state index contributed by atoms with van der Waals surface area (Å²) in [6.45, 7) is 7.16. The van der Waals surface area contributed by atoms with Gasteiger partial charge in [-0.1, -0.05) is 60.2 Å². The number of likely N-dealkylation sites (tertiary alicyclic amines) is 1. The molecule has 2 aromatic carbocycles. The Hall–Kier alpha value is -1.68. The summed E-state index contributed by atoms with van der Waals surface area (Å²) in [4.78, 5) is 0. The highest BCUT2D eigenvalue weighted by atomic mass is 16.5. The van der Waals surface area contributed by atoms with Crippen molar-refractivity contribution in [2.75, 3.05) is 26.2 Å². The molecule has 1 saturated heterocycles. The number of hydrogen-bond donors (Lipinski definition) is 1. The molecule has 0 saturated carbocycles. The maximum absolute atomic E-state index is 10.7. The number of aliphatic hydroxyl groups is 1. The second kappa shape index (κ2) is 10.0. The van der Waals surface area contributed by atoms with Gasteiger partial charge < -0.3 is 14.3 Å². The van der Waals surface area contributed by atoms with Gasteiger partial charge >= 0.3 is 0 Å². The molecule has 3 heteroatoms. The molecular formula is C24H34NO2+. The molecule has 1 heterocycles. The minimum absolute atomic E-state index is 0.405. The van der Waals surface area contributed by atoms with Crippen LogP contribution in [0.2, 0.25) is 0 Å². The second-order valence-corrected chi connectivity index (χ2v) is 8.18. The molecule has 3 nitrogen and oxygen atoms in total. The molecule has 0 aliphatic carbocycles. The fraction of sp³-hybridized carbons (Fsp3) is 0.500. The van der Waals surface area contributed by atoms with Crippen LogP contribution in [0.4, 0.5) is 0 Å². The molecule has 1 atom stereocenters. The first kappa shape index (κ1) is 20.1. The van der Waals surface area contributed by atoms with Crippen molar-refractivity contribution >= 4 is 0 Å². The van der Waals surface area contributed by atoms with Gasteiger partial charge in [-0.3, -0.25) is 0 Å². The molecule has 0 spiro atoms. The van der Waals surface area contributed by atoms with Crippen LogP contribution in [0.15, 0.2) is 54.6 Å². The van der Waals surface area contributed by atoms with E-state index in [2.05, 4.69) is 61.5 Å². The number of aryl methyl sites for hydroxylation is 1. The number of rotatable bonds is 8. The normalized spacial score (nSPS) is 18.0. The Kier molecular flexibility index (Phi) is 7.45. The Balaban J connectivity index is 1.56. The van der Waals surface area contributed by atoms with Crippen LogP contribution in [0, 0.1) is 6.92 Å². The van der Waals surface area contributed by atoms with Gasteiger partial charge in [0.25, 0.3) is 0 Å². The summed E-state index contributed by atoms with van der Waals surface area (Å²) in [5.41, 5.74) is 3.79. The van der Waals surface area contributed by atoms with Crippen LogP contribution >= 0.6 is 0 Å². The summed E-state index contributed by atoms with van der Waals surface area (Å²) in [7, 11) is 0. The summed E-state index contributed by atoms with van der Waals surface area (Å²) >= 11 is 0. The molecule has 27 heavy (non-hydrogen) atoms. The number of benzene rings is 2. The van der Waals surface area contributed by atoms with Crippen LogP contribution in [0.1, 0.15) is 42.4 Å². The molecule has 0 amide bonds. The molecule has 1 fully saturated rings. The standard InChI is InChI=1S/C24H34NO2/c1-21-11-13-23(14-12-21)19-27-20-24(26)18-25(15-7-2-3-8-16-25)17-22-9-5-4-6-10-22/h4-6,9-14,24,26H,2-3,7-8,15-20H2,1H3/q+1/t24-/m0/s1. The molecule has 0 bridgehead atoms. The second-order valence-electron chi connectivity index (χ2n) is 8.18. The van der Waals surface area contributed by atoms with Crippen molar-refractivity contribution in [1.29, 1.82) is 0 Å². The van der Waals surface area contributed by atoms with Crippen molar-refractivity contribution in [3.8, 4) is 0 Å². The third kappa shape index (κ3) is 6.46. The zero-order valence-corrected chi connectivity index (χ0v) is 16.6. The van der Waals surface area contributed by atoms with Crippen molar-refractivity contribution in [3.63, 3.8) is 0 Å². The van der Waals surface area contributed by atoms with E-state index >= 15 is 0 Å². The van der Waals surface area contributed by atoms with E-state index in [0.29, 0.717) is 13.2 Å². The fourth-order valence-corrected chi connectivity index (χ4v) is 4.23. The van der Waals surface area contributed by atoms with E-state index in [1.54, 1.807) is 0 Å². The first-order valence-corrected chi connectivity index (χ1v) is 10.4. The van der Waals surface area contributed by atoms with Crippen LogP contribution in [0.25, 0.3) is 0 Å². The largest absolute Gasteiger partial charge is 0.385 e.